The number of anilines is 1. The summed E-state index contributed by atoms with van der Waals surface area (Å²) in [4.78, 5) is 11.8. The van der Waals surface area contributed by atoms with E-state index in [2.05, 4.69) is 10.5 Å². The lowest BCUT2D eigenvalue weighted by molar-refractivity contribution is -0.115. The summed E-state index contributed by atoms with van der Waals surface area (Å²) in [5.41, 5.74) is 0.836. The van der Waals surface area contributed by atoms with E-state index in [-0.39, 0.29) is 23.6 Å². The van der Waals surface area contributed by atoms with Crippen LogP contribution in [0.25, 0.3) is 0 Å². The number of carbonyl (C=O) groups excluding carboxylic acids is 1. The van der Waals surface area contributed by atoms with Gasteiger partial charge in [-0.05, 0) is 18.2 Å². The Morgan fingerprint density at radius 1 is 1.35 bits per heavy atom. The molecule has 1 aromatic carbocycles. The molecule has 2 rings (SSSR count). The first-order chi connectivity index (χ1) is 9.34. The van der Waals surface area contributed by atoms with Crippen LogP contribution in [0.15, 0.2) is 34.9 Å². The Bertz CT molecular complexity index is 614. The molecule has 106 valence electrons. The van der Waals surface area contributed by atoms with Crippen molar-refractivity contribution >= 4 is 11.6 Å². The van der Waals surface area contributed by atoms with Gasteiger partial charge in [0.1, 0.15) is 11.6 Å². The fourth-order valence-electron chi connectivity index (χ4n) is 1.68. The maximum atomic E-state index is 13.0. The summed E-state index contributed by atoms with van der Waals surface area (Å²) < 4.78 is 18.2. The molecule has 0 fully saturated rings. The highest BCUT2D eigenvalue weighted by molar-refractivity contribution is 5.91. The molecule has 0 bridgehead atoms. The van der Waals surface area contributed by atoms with Crippen LogP contribution in [0.2, 0.25) is 0 Å². The molecule has 1 aromatic heterocycles. The zero-order chi connectivity index (χ0) is 14.8. The first-order valence-corrected chi connectivity index (χ1v) is 6.36. The largest absolute Gasteiger partial charge is 0.361 e. The van der Waals surface area contributed by atoms with Crippen LogP contribution in [0, 0.1) is 5.82 Å². The van der Waals surface area contributed by atoms with E-state index in [1.165, 1.54) is 12.1 Å². The Morgan fingerprint density at radius 2 is 2.10 bits per heavy atom. The summed E-state index contributed by atoms with van der Waals surface area (Å²) in [5, 5.41) is 6.49. The minimum absolute atomic E-state index is 0.0933. The Hall–Kier alpha value is -2.17. The highest BCUT2D eigenvalue weighted by Gasteiger charge is 2.20. The zero-order valence-corrected chi connectivity index (χ0v) is 11.7. The second-order valence-corrected chi connectivity index (χ2v) is 5.67. The number of benzene rings is 1. The lowest BCUT2D eigenvalue weighted by Crippen LogP contribution is -2.14. The van der Waals surface area contributed by atoms with E-state index in [0.717, 1.165) is 5.76 Å². The van der Waals surface area contributed by atoms with Crippen LogP contribution in [0.1, 0.15) is 32.2 Å². The van der Waals surface area contributed by atoms with Crippen LogP contribution in [0.3, 0.4) is 0 Å². The molecule has 1 amide bonds. The molecule has 0 aliphatic carbocycles. The Labute approximate surface area is 117 Å². The Morgan fingerprint density at radius 3 is 2.70 bits per heavy atom. The van der Waals surface area contributed by atoms with Gasteiger partial charge in [0.15, 0.2) is 0 Å². The lowest BCUT2D eigenvalue weighted by Gasteiger charge is -2.12. The predicted molar refractivity (Wildman–Crippen MR) is 73.9 cm³/mol. The fourth-order valence-corrected chi connectivity index (χ4v) is 1.68. The topological polar surface area (TPSA) is 55.1 Å². The van der Waals surface area contributed by atoms with Crippen molar-refractivity contribution in [1.29, 1.82) is 0 Å². The molecule has 1 heterocycles. The van der Waals surface area contributed by atoms with Crippen LogP contribution in [-0.4, -0.2) is 11.1 Å². The van der Waals surface area contributed by atoms with Crippen molar-refractivity contribution in [1.82, 2.24) is 5.16 Å². The Kier molecular flexibility index (Phi) is 3.88. The number of nitrogens with zero attached hydrogens (tertiary/aromatic N) is 1. The van der Waals surface area contributed by atoms with Gasteiger partial charge < -0.3 is 9.84 Å². The number of amides is 1. The monoisotopic (exact) mass is 276 g/mol. The third-order valence-corrected chi connectivity index (χ3v) is 2.75. The fraction of sp³-hybridized carbons (Fsp3) is 0.333. The molecule has 0 aliphatic rings. The van der Waals surface area contributed by atoms with Crippen molar-refractivity contribution in [2.24, 2.45) is 0 Å². The van der Waals surface area contributed by atoms with Gasteiger partial charge in [-0.2, -0.15) is 0 Å². The van der Waals surface area contributed by atoms with Gasteiger partial charge in [-0.25, -0.2) is 4.39 Å². The lowest BCUT2D eigenvalue weighted by atomic mass is 9.93. The third-order valence-electron chi connectivity index (χ3n) is 2.75. The van der Waals surface area contributed by atoms with Crippen LogP contribution in [0.5, 0.6) is 0 Å². The molecule has 4 nitrogen and oxygen atoms in total. The van der Waals surface area contributed by atoms with Gasteiger partial charge in [0.05, 0.1) is 12.1 Å². The predicted octanol–water partition coefficient (Wildman–Crippen LogP) is 3.29. The molecule has 0 spiro atoms. The van der Waals surface area contributed by atoms with Crippen LogP contribution >= 0.6 is 0 Å². The molecule has 0 saturated heterocycles. The number of halogens is 1. The summed E-state index contributed by atoms with van der Waals surface area (Å²) in [5.74, 6) is 0.0784. The molecular formula is C15H17FN2O2. The first-order valence-electron chi connectivity index (χ1n) is 6.36. The second-order valence-electron chi connectivity index (χ2n) is 5.67. The van der Waals surface area contributed by atoms with Crippen LogP contribution < -0.4 is 5.32 Å². The normalized spacial score (nSPS) is 11.4. The Balaban J connectivity index is 2.00. The molecule has 2 aromatic rings. The standard InChI is InChI=1S/C15H17FN2O2/c1-15(2,3)13-8-12(18-20-13)9-14(19)17-11-6-4-5-10(16)7-11/h4-8H,9H2,1-3H3,(H,17,19). The number of nitrogens with one attached hydrogen (secondary N) is 1. The number of rotatable bonds is 3. The average molecular weight is 276 g/mol. The zero-order valence-electron chi connectivity index (χ0n) is 11.7. The summed E-state index contributed by atoms with van der Waals surface area (Å²) in [6.45, 7) is 6.01. The molecule has 0 atom stereocenters. The van der Waals surface area contributed by atoms with Crippen molar-refractivity contribution in [2.75, 3.05) is 5.32 Å². The van der Waals surface area contributed by atoms with Crippen molar-refractivity contribution in [3.05, 3.63) is 47.6 Å². The molecule has 0 aliphatic heterocycles. The molecule has 5 heteroatoms. The summed E-state index contributed by atoms with van der Waals surface area (Å²) in [7, 11) is 0. The van der Waals surface area contributed by atoms with E-state index >= 15 is 0 Å². The molecule has 20 heavy (non-hydrogen) atoms. The maximum absolute atomic E-state index is 13.0. The van der Waals surface area contributed by atoms with Crippen molar-refractivity contribution in [2.45, 2.75) is 32.6 Å². The van der Waals surface area contributed by atoms with Crippen LogP contribution in [0.4, 0.5) is 10.1 Å². The van der Waals surface area contributed by atoms with Gasteiger partial charge in [-0.1, -0.05) is 32.0 Å². The van der Waals surface area contributed by atoms with Crippen LogP contribution in [-0.2, 0) is 16.6 Å². The van der Waals surface area contributed by atoms with Gasteiger partial charge in [0, 0.05) is 17.2 Å². The van der Waals surface area contributed by atoms with Crippen molar-refractivity contribution in [3.8, 4) is 0 Å². The van der Waals surface area contributed by atoms with E-state index in [0.29, 0.717) is 11.4 Å². The highest BCUT2D eigenvalue weighted by atomic mass is 19.1. The second kappa shape index (κ2) is 5.45. The first kappa shape index (κ1) is 14.2. The molecule has 1 N–H and O–H groups in total. The SMILES string of the molecule is CC(C)(C)c1cc(CC(=O)Nc2cccc(F)c2)no1. The number of carbonyl (C=O) groups is 1. The van der Waals surface area contributed by atoms with Gasteiger partial charge in [-0.3, -0.25) is 4.79 Å². The van der Waals surface area contributed by atoms with Gasteiger partial charge >= 0.3 is 0 Å². The average Bonchev–Trinajstić information content (AvgIpc) is 2.76. The van der Waals surface area contributed by atoms with E-state index in [1.807, 2.05) is 20.8 Å². The summed E-state index contributed by atoms with van der Waals surface area (Å²) in [6, 6.07) is 7.53. The van der Waals surface area contributed by atoms with E-state index in [1.54, 1.807) is 18.2 Å². The van der Waals surface area contributed by atoms with E-state index in [9.17, 15) is 9.18 Å². The minimum atomic E-state index is -0.390. The van der Waals surface area contributed by atoms with Gasteiger partial charge in [0.2, 0.25) is 5.91 Å². The maximum Gasteiger partial charge on any atom is 0.230 e. The van der Waals surface area contributed by atoms with Crippen molar-refractivity contribution < 1.29 is 13.7 Å². The van der Waals surface area contributed by atoms with E-state index < -0.39 is 0 Å². The number of hydrogen-bond acceptors (Lipinski definition) is 3. The highest BCUT2D eigenvalue weighted by Crippen LogP contribution is 2.22. The number of hydrogen-bond donors (Lipinski definition) is 1. The summed E-state index contributed by atoms with van der Waals surface area (Å²) in [6.07, 6.45) is 0.0933. The molecule has 0 radical (unpaired) electrons. The van der Waals surface area contributed by atoms with Gasteiger partial charge in [0.25, 0.3) is 0 Å². The minimum Gasteiger partial charge on any atom is -0.361 e. The smallest absolute Gasteiger partial charge is 0.230 e. The molecule has 0 saturated carbocycles. The third kappa shape index (κ3) is 3.66. The summed E-state index contributed by atoms with van der Waals surface area (Å²) >= 11 is 0. The van der Waals surface area contributed by atoms with Crippen molar-refractivity contribution in [3.63, 3.8) is 0 Å². The molecule has 0 unspecified atom stereocenters. The number of aromatic nitrogens is 1. The van der Waals surface area contributed by atoms with E-state index in [4.69, 9.17) is 4.52 Å². The molecular weight excluding hydrogens is 259 g/mol. The van der Waals surface area contributed by atoms with Gasteiger partial charge in [-0.15, -0.1) is 0 Å². The quantitative estimate of drug-likeness (QED) is 0.935.